The second-order valence-corrected chi connectivity index (χ2v) is 5.21. The maximum Gasteiger partial charge on any atom is 0.0614 e. The van der Waals surface area contributed by atoms with Crippen molar-refractivity contribution in [1.29, 1.82) is 0 Å². The Morgan fingerprint density at radius 1 is 1.09 bits per heavy atom. The van der Waals surface area contributed by atoms with Crippen molar-refractivity contribution >= 4 is 11.8 Å². The molecule has 1 nitrogen and oxygen atoms in total. The second-order valence-electron chi connectivity index (χ2n) is 3.64. The summed E-state index contributed by atoms with van der Waals surface area (Å²) in [5, 5.41) is 0. The van der Waals surface area contributed by atoms with E-state index in [1.165, 1.54) is 37.9 Å². The summed E-state index contributed by atoms with van der Waals surface area (Å²) in [4.78, 5) is 0. The SMILES string of the molecule is C1CCSC2(CC1)CCOC2. The molecule has 0 amide bonds. The van der Waals surface area contributed by atoms with Crippen LogP contribution in [0.4, 0.5) is 0 Å². The summed E-state index contributed by atoms with van der Waals surface area (Å²) in [6.07, 6.45) is 6.99. The van der Waals surface area contributed by atoms with Gasteiger partial charge in [0, 0.05) is 11.4 Å². The molecule has 0 aromatic carbocycles. The minimum Gasteiger partial charge on any atom is -0.380 e. The van der Waals surface area contributed by atoms with Crippen LogP contribution in [0, 0.1) is 0 Å². The quantitative estimate of drug-likeness (QED) is 0.555. The van der Waals surface area contributed by atoms with Crippen LogP contribution < -0.4 is 0 Å². The summed E-state index contributed by atoms with van der Waals surface area (Å²) in [6.45, 7) is 2.03. The Balaban J connectivity index is 1.97. The molecule has 0 radical (unpaired) electrons. The first-order valence-corrected chi connectivity index (χ1v) is 5.62. The number of rotatable bonds is 0. The van der Waals surface area contributed by atoms with Crippen LogP contribution >= 0.6 is 11.8 Å². The van der Waals surface area contributed by atoms with Gasteiger partial charge in [0.2, 0.25) is 0 Å². The second kappa shape index (κ2) is 3.36. The highest BCUT2D eigenvalue weighted by Crippen LogP contribution is 2.41. The van der Waals surface area contributed by atoms with Gasteiger partial charge in [-0.05, 0) is 25.0 Å². The fourth-order valence-electron chi connectivity index (χ4n) is 1.99. The van der Waals surface area contributed by atoms with Crippen LogP contribution in [0.3, 0.4) is 0 Å². The van der Waals surface area contributed by atoms with Gasteiger partial charge in [-0.1, -0.05) is 12.8 Å². The Morgan fingerprint density at radius 2 is 2.09 bits per heavy atom. The third-order valence-corrected chi connectivity index (χ3v) is 4.38. The Hall–Kier alpha value is 0.310. The Bertz CT molecular complexity index is 120. The first-order valence-electron chi connectivity index (χ1n) is 4.63. The van der Waals surface area contributed by atoms with E-state index in [0.29, 0.717) is 4.75 Å². The monoisotopic (exact) mass is 172 g/mol. The van der Waals surface area contributed by atoms with Crippen molar-refractivity contribution < 1.29 is 4.74 Å². The van der Waals surface area contributed by atoms with Crippen molar-refractivity contribution in [2.24, 2.45) is 0 Å². The maximum atomic E-state index is 5.47. The van der Waals surface area contributed by atoms with Gasteiger partial charge in [0.05, 0.1) is 6.61 Å². The molecule has 2 aliphatic heterocycles. The summed E-state index contributed by atoms with van der Waals surface area (Å²) in [5.41, 5.74) is 0. The molecule has 2 aliphatic rings. The normalized spacial score (nSPS) is 39.3. The van der Waals surface area contributed by atoms with E-state index in [1.54, 1.807) is 0 Å². The molecule has 2 heteroatoms. The highest BCUT2D eigenvalue weighted by atomic mass is 32.2. The molecule has 2 rings (SSSR count). The Labute approximate surface area is 72.9 Å². The molecule has 2 heterocycles. The van der Waals surface area contributed by atoms with Crippen molar-refractivity contribution in [3.63, 3.8) is 0 Å². The lowest BCUT2D eigenvalue weighted by atomic mass is 10.0. The van der Waals surface area contributed by atoms with E-state index in [4.69, 9.17) is 4.74 Å². The van der Waals surface area contributed by atoms with Crippen LogP contribution in [-0.2, 0) is 4.74 Å². The van der Waals surface area contributed by atoms with Gasteiger partial charge in [0.25, 0.3) is 0 Å². The molecule has 1 unspecified atom stereocenters. The minimum absolute atomic E-state index is 0.552. The fourth-order valence-corrected chi connectivity index (χ4v) is 3.45. The van der Waals surface area contributed by atoms with Crippen LogP contribution in [-0.4, -0.2) is 23.7 Å². The highest BCUT2D eigenvalue weighted by Gasteiger charge is 2.35. The van der Waals surface area contributed by atoms with Gasteiger partial charge in [-0.15, -0.1) is 0 Å². The van der Waals surface area contributed by atoms with E-state index in [-0.39, 0.29) is 0 Å². The van der Waals surface area contributed by atoms with E-state index in [2.05, 4.69) is 11.8 Å². The molecule has 2 saturated heterocycles. The van der Waals surface area contributed by atoms with E-state index < -0.39 is 0 Å². The summed E-state index contributed by atoms with van der Waals surface area (Å²) < 4.78 is 6.02. The molecule has 0 N–H and O–H groups in total. The van der Waals surface area contributed by atoms with Crippen LogP contribution in [0.1, 0.15) is 32.1 Å². The van der Waals surface area contributed by atoms with Crippen molar-refractivity contribution in [1.82, 2.24) is 0 Å². The average Bonchev–Trinajstić information content (AvgIpc) is 2.32. The van der Waals surface area contributed by atoms with Crippen molar-refractivity contribution in [3.05, 3.63) is 0 Å². The number of thioether (sulfide) groups is 1. The van der Waals surface area contributed by atoms with Gasteiger partial charge in [-0.25, -0.2) is 0 Å². The van der Waals surface area contributed by atoms with Crippen molar-refractivity contribution in [2.75, 3.05) is 19.0 Å². The Morgan fingerprint density at radius 3 is 2.91 bits per heavy atom. The van der Waals surface area contributed by atoms with Crippen LogP contribution in [0.25, 0.3) is 0 Å². The van der Waals surface area contributed by atoms with E-state index in [0.717, 1.165) is 13.2 Å². The molecule has 11 heavy (non-hydrogen) atoms. The van der Waals surface area contributed by atoms with Crippen molar-refractivity contribution in [2.45, 2.75) is 36.9 Å². The van der Waals surface area contributed by atoms with Gasteiger partial charge >= 0.3 is 0 Å². The molecule has 0 aromatic rings. The third kappa shape index (κ3) is 1.73. The van der Waals surface area contributed by atoms with Gasteiger partial charge < -0.3 is 4.74 Å². The molecule has 0 aromatic heterocycles. The average molecular weight is 172 g/mol. The molecular formula is C9H16OS. The predicted octanol–water partition coefficient (Wildman–Crippen LogP) is 2.45. The Kier molecular flexibility index (Phi) is 2.42. The topological polar surface area (TPSA) is 9.23 Å². The molecule has 0 aliphatic carbocycles. The van der Waals surface area contributed by atoms with Gasteiger partial charge in [-0.3, -0.25) is 0 Å². The summed E-state index contributed by atoms with van der Waals surface area (Å²) >= 11 is 2.17. The molecule has 1 atom stereocenters. The summed E-state index contributed by atoms with van der Waals surface area (Å²) in [6, 6.07) is 0. The summed E-state index contributed by atoms with van der Waals surface area (Å²) in [5.74, 6) is 1.36. The molecule has 0 bridgehead atoms. The van der Waals surface area contributed by atoms with Gasteiger partial charge in [-0.2, -0.15) is 11.8 Å². The predicted molar refractivity (Wildman–Crippen MR) is 49.1 cm³/mol. The smallest absolute Gasteiger partial charge is 0.0614 e. The molecular weight excluding hydrogens is 156 g/mol. The van der Waals surface area contributed by atoms with E-state index in [1.807, 2.05) is 0 Å². The lowest BCUT2D eigenvalue weighted by molar-refractivity contribution is 0.189. The highest BCUT2D eigenvalue weighted by molar-refractivity contribution is 8.00. The van der Waals surface area contributed by atoms with Gasteiger partial charge in [0.1, 0.15) is 0 Å². The lowest BCUT2D eigenvalue weighted by Gasteiger charge is -2.23. The molecule has 1 spiro atoms. The molecule has 0 saturated carbocycles. The zero-order valence-electron chi connectivity index (χ0n) is 6.97. The van der Waals surface area contributed by atoms with Crippen molar-refractivity contribution in [3.8, 4) is 0 Å². The summed E-state index contributed by atoms with van der Waals surface area (Å²) in [7, 11) is 0. The fraction of sp³-hybridized carbons (Fsp3) is 1.00. The number of ether oxygens (including phenoxy) is 1. The lowest BCUT2D eigenvalue weighted by Crippen LogP contribution is -2.24. The molecule has 2 fully saturated rings. The minimum atomic E-state index is 0.552. The first-order chi connectivity index (χ1) is 5.41. The first kappa shape index (κ1) is 7.93. The van der Waals surface area contributed by atoms with Crippen LogP contribution in [0.2, 0.25) is 0 Å². The zero-order valence-corrected chi connectivity index (χ0v) is 7.79. The van der Waals surface area contributed by atoms with Crippen LogP contribution in [0.5, 0.6) is 0 Å². The maximum absolute atomic E-state index is 5.47. The van der Waals surface area contributed by atoms with Crippen LogP contribution in [0.15, 0.2) is 0 Å². The number of hydrogen-bond acceptors (Lipinski definition) is 2. The van der Waals surface area contributed by atoms with E-state index in [9.17, 15) is 0 Å². The zero-order chi connectivity index (χ0) is 7.57. The number of hydrogen-bond donors (Lipinski definition) is 0. The third-order valence-electron chi connectivity index (χ3n) is 2.75. The largest absolute Gasteiger partial charge is 0.380 e. The standard InChI is InChI=1S/C9H16OS/c1-2-4-9(11-7-3-1)5-6-10-8-9/h1-8H2. The molecule has 64 valence electrons. The van der Waals surface area contributed by atoms with E-state index >= 15 is 0 Å². The van der Waals surface area contributed by atoms with Gasteiger partial charge in [0.15, 0.2) is 0 Å².